The molecule has 1 fully saturated rings. The van der Waals surface area contributed by atoms with Crippen LogP contribution >= 0.6 is 0 Å². The number of carbonyl (C=O) groups excluding carboxylic acids is 2. The Bertz CT molecular complexity index is 768. The highest BCUT2D eigenvalue weighted by molar-refractivity contribution is 5.94. The molecule has 1 aromatic heterocycles. The Balaban J connectivity index is 1.53. The summed E-state index contributed by atoms with van der Waals surface area (Å²) in [6.07, 6.45) is 3.95. The van der Waals surface area contributed by atoms with Gasteiger partial charge in [-0.15, -0.1) is 0 Å². The summed E-state index contributed by atoms with van der Waals surface area (Å²) in [6, 6.07) is 11.5. The molecule has 1 aliphatic rings. The number of carbonyl (C=O) groups is 2. The maximum absolute atomic E-state index is 12.7. The van der Waals surface area contributed by atoms with Crippen LogP contribution in [0.1, 0.15) is 31.1 Å². The third kappa shape index (κ3) is 4.90. The summed E-state index contributed by atoms with van der Waals surface area (Å²) in [6.45, 7) is 9.13. The van der Waals surface area contributed by atoms with E-state index in [1.807, 2.05) is 58.3 Å². The van der Waals surface area contributed by atoms with Crippen molar-refractivity contribution in [2.75, 3.05) is 32.7 Å². The number of hydrogen-bond acceptors (Lipinski definition) is 2. The zero-order valence-electron chi connectivity index (χ0n) is 16.3. The lowest BCUT2D eigenvalue weighted by atomic mass is 9.97. The Hall–Kier alpha value is -2.76. The van der Waals surface area contributed by atoms with Crippen LogP contribution < -0.4 is 5.32 Å². The lowest BCUT2D eigenvalue weighted by Crippen LogP contribution is -2.53. The van der Waals surface area contributed by atoms with Crippen LogP contribution in [0.5, 0.6) is 0 Å². The monoisotopic (exact) mass is 368 g/mol. The first kappa shape index (κ1) is 19.0. The summed E-state index contributed by atoms with van der Waals surface area (Å²) < 4.78 is 2.00. The number of aromatic nitrogens is 1. The SMILES string of the molecule is CC(C)(C)CNC(=O)N1CCN(C(=O)c2ccc(-n3cccc3)cc2)CC1. The molecule has 0 aliphatic carbocycles. The highest BCUT2D eigenvalue weighted by atomic mass is 16.2. The minimum atomic E-state index is -0.0481. The fourth-order valence-corrected chi connectivity index (χ4v) is 3.03. The van der Waals surface area contributed by atoms with E-state index < -0.39 is 0 Å². The smallest absolute Gasteiger partial charge is 0.317 e. The van der Waals surface area contributed by atoms with Gasteiger partial charge >= 0.3 is 6.03 Å². The van der Waals surface area contributed by atoms with Crippen molar-refractivity contribution >= 4 is 11.9 Å². The summed E-state index contributed by atoms with van der Waals surface area (Å²) in [5, 5.41) is 2.97. The van der Waals surface area contributed by atoms with Gasteiger partial charge < -0.3 is 19.7 Å². The van der Waals surface area contributed by atoms with Gasteiger partial charge in [0, 0.05) is 56.4 Å². The molecule has 1 saturated heterocycles. The summed E-state index contributed by atoms with van der Waals surface area (Å²) in [5.74, 6) is 0.0174. The maximum Gasteiger partial charge on any atom is 0.317 e. The number of rotatable bonds is 3. The molecule has 0 radical (unpaired) electrons. The van der Waals surface area contributed by atoms with E-state index in [0.717, 1.165) is 5.69 Å². The first-order valence-electron chi connectivity index (χ1n) is 9.39. The number of piperazine rings is 1. The number of amides is 3. The van der Waals surface area contributed by atoms with Gasteiger partial charge in [-0.05, 0) is 41.8 Å². The Morgan fingerprint density at radius 3 is 2.04 bits per heavy atom. The van der Waals surface area contributed by atoms with Gasteiger partial charge in [0.05, 0.1) is 0 Å². The average molecular weight is 368 g/mol. The van der Waals surface area contributed by atoms with Gasteiger partial charge in [0.1, 0.15) is 0 Å². The third-order valence-corrected chi connectivity index (χ3v) is 4.64. The van der Waals surface area contributed by atoms with Crippen molar-refractivity contribution < 1.29 is 9.59 Å². The van der Waals surface area contributed by atoms with Crippen LogP contribution in [0.15, 0.2) is 48.8 Å². The summed E-state index contributed by atoms with van der Waals surface area (Å²) in [7, 11) is 0. The van der Waals surface area contributed by atoms with Crippen molar-refractivity contribution in [1.82, 2.24) is 19.7 Å². The second kappa shape index (κ2) is 7.86. The minimum Gasteiger partial charge on any atom is -0.337 e. The van der Waals surface area contributed by atoms with E-state index in [0.29, 0.717) is 38.3 Å². The predicted molar refractivity (Wildman–Crippen MR) is 106 cm³/mol. The van der Waals surface area contributed by atoms with E-state index in [1.54, 1.807) is 4.90 Å². The number of hydrogen-bond donors (Lipinski definition) is 1. The van der Waals surface area contributed by atoms with E-state index in [-0.39, 0.29) is 17.4 Å². The first-order valence-corrected chi connectivity index (χ1v) is 9.39. The van der Waals surface area contributed by atoms with Gasteiger partial charge in [-0.3, -0.25) is 4.79 Å². The Morgan fingerprint density at radius 2 is 1.48 bits per heavy atom. The van der Waals surface area contributed by atoms with Gasteiger partial charge in [-0.1, -0.05) is 20.8 Å². The molecular weight excluding hydrogens is 340 g/mol. The second-order valence-electron chi connectivity index (χ2n) is 8.14. The molecule has 0 saturated carbocycles. The molecule has 2 heterocycles. The molecule has 3 rings (SSSR count). The van der Waals surface area contributed by atoms with E-state index in [9.17, 15) is 9.59 Å². The largest absolute Gasteiger partial charge is 0.337 e. The van der Waals surface area contributed by atoms with E-state index in [4.69, 9.17) is 0 Å². The molecule has 144 valence electrons. The van der Waals surface area contributed by atoms with E-state index in [2.05, 4.69) is 26.1 Å². The number of benzene rings is 1. The first-order chi connectivity index (χ1) is 12.8. The molecular formula is C21H28N4O2. The molecule has 0 atom stereocenters. The average Bonchev–Trinajstić information content (AvgIpc) is 3.20. The van der Waals surface area contributed by atoms with E-state index in [1.165, 1.54) is 0 Å². The maximum atomic E-state index is 12.7. The van der Waals surface area contributed by atoms with E-state index >= 15 is 0 Å². The topological polar surface area (TPSA) is 57.6 Å². The van der Waals surface area contributed by atoms with Gasteiger partial charge in [-0.25, -0.2) is 4.79 Å². The van der Waals surface area contributed by atoms with Gasteiger partial charge in [0.2, 0.25) is 0 Å². The second-order valence-corrected chi connectivity index (χ2v) is 8.14. The summed E-state index contributed by atoms with van der Waals surface area (Å²) >= 11 is 0. The van der Waals surface area contributed by atoms with Crippen LogP contribution in [0, 0.1) is 5.41 Å². The van der Waals surface area contributed by atoms with Gasteiger partial charge in [0.25, 0.3) is 5.91 Å². The number of nitrogens with one attached hydrogen (secondary N) is 1. The molecule has 0 bridgehead atoms. The minimum absolute atomic E-state index is 0.0174. The summed E-state index contributed by atoms with van der Waals surface area (Å²) in [5.41, 5.74) is 1.76. The number of urea groups is 1. The molecule has 1 aromatic carbocycles. The fraction of sp³-hybridized carbons (Fsp3) is 0.429. The van der Waals surface area contributed by atoms with Crippen molar-refractivity contribution in [3.63, 3.8) is 0 Å². The third-order valence-electron chi connectivity index (χ3n) is 4.64. The van der Waals surface area contributed by atoms with Gasteiger partial charge in [0.15, 0.2) is 0 Å². The van der Waals surface area contributed by atoms with Crippen LogP contribution in [-0.4, -0.2) is 59.0 Å². The molecule has 0 spiro atoms. The van der Waals surface area contributed by atoms with Crippen LogP contribution in [0.3, 0.4) is 0 Å². The zero-order chi connectivity index (χ0) is 19.4. The lowest BCUT2D eigenvalue weighted by molar-refractivity contribution is 0.0664. The molecule has 0 unspecified atom stereocenters. The predicted octanol–water partition coefficient (Wildman–Crippen LogP) is 2.99. The summed E-state index contributed by atoms with van der Waals surface area (Å²) in [4.78, 5) is 28.6. The van der Waals surface area contributed by atoms with Crippen molar-refractivity contribution in [1.29, 1.82) is 0 Å². The van der Waals surface area contributed by atoms with Gasteiger partial charge in [-0.2, -0.15) is 0 Å². The Labute approximate surface area is 160 Å². The standard InChI is InChI=1S/C21H28N4O2/c1-21(2,3)16-22-20(27)25-14-12-24(13-15-25)19(26)17-6-8-18(9-7-17)23-10-4-5-11-23/h4-11H,12-16H2,1-3H3,(H,22,27). The van der Waals surface area contributed by atoms with Crippen LogP contribution in [-0.2, 0) is 0 Å². The zero-order valence-corrected chi connectivity index (χ0v) is 16.3. The molecule has 2 aromatic rings. The Kier molecular flexibility index (Phi) is 5.54. The molecule has 6 nitrogen and oxygen atoms in total. The molecule has 27 heavy (non-hydrogen) atoms. The number of nitrogens with zero attached hydrogens (tertiary/aromatic N) is 3. The quantitative estimate of drug-likeness (QED) is 0.905. The Morgan fingerprint density at radius 1 is 0.926 bits per heavy atom. The molecule has 6 heteroatoms. The normalized spacial score (nSPS) is 14.9. The van der Waals surface area contributed by atoms with Crippen LogP contribution in [0.25, 0.3) is 5.69 Å². The lowest BCUT2D eigenvalue weighted by Gasteiger charge is -2.35. The van der Waals surface area contributed by atoms with Crippen molar-refractivity contribution in [2.45, 2.75) is 20.8 Å². The highest BCUT2D eigenvalue weighted by Gasteiger charge is 2.25. The highest BCUT2D eigenvalue weighted by Crippen LogP contribution is 2.14. The molecule has 3 amide bonds. The van der Waals surface area contributed by atoms with Crippen LogP contribution in [0.2, 0.25) is 0 Å². The fourth-order valence-electron chi connectivity index (χ4n) is 3.03. The molecule has 1 aliphatic heterocycles. The van der Waals surface area contributed by atoms with Crippen LogP contribution in [0.4, 0.5) is 4.79 Å². The molecule has 1 N–H and O–H groups in total. The van der Waals surface area contributed by atoms with Crippen molar-refractivity contribution in [3.05, 3.63) is 54.4 Å². The van der Waals surface area contributed by atoms with Crippen molar-refractivity contribution in [3.8, 4) is 5.69 Å². The van der Waals surface area contributed by atoms with Crippen molar-refractivity contribution in [2.24, 2.45) is 5.41 Å².